The summed E-state index contributed by atoms with van der Waals surface area (Å²) < 4.78 is 7.43. The minimum atomic E-state index is 0.648. The smallest absolute Gasteiger partial charge is 0.0885 e. The SMILES string of the molecule is CCNCCOCc1cc(CC)nn1C. The van der Waals surface area contributed by atoms with Gasteiger partial charge in [-0.2, -0.15) is 5.10 Å². The third kappa shape index (κ3) is 4.01. The second-order valence-corrected chi connectivity index (χ2v) is 3.51. The van der Waals surface area contributed by atoms with Gasteiger partial charge in [0, 0.05) is 13.6 Å². The van der Waals surface area contributed by atoms with Crippen LogP contribution in [0.2, 0.25) is 0 Å². The van der Waals surface area contributed by atoms with E-state index in [0.29, 0.717) is 6.61 Å². The number of aryl methyl sites for hydroxylation is 2. The van der Waals surface area contributed by atoms with Crippen molar-refractivity contribution < 1.29 is 4.74 Å². The molecule has 4 nitrogen and oxygen atoms in total. The molecule has 1 N–H and O–H groups in total. The summed E-state index contributed by atoms with van der Waals surface area (Å²) in [6.45, 7) is 7.51. The summed E-state index contributed by atoms with van der Waals surface area (Å²) >= 11 is 0. The van der Waals surface area contributed by atoms with E-state index in [9.17, 15) is 0 Å². The maximum Gasteiger partial charge on any atom is 0.0885 e. The number of likely N-dealkylation sites (N-methyl/N-ethyl adjacent to an activating group) is 1. The Hall–Kier alpha value is -0.870. The summed E-state index contributed by atoms with van der Waals surface area (Å²) in [6.07, 6.45) is 0.977. The van der Waals surface area contributed by atoms with Crippen molar-refractivity contribution in [3.63, 3.8) is 0 Å². The molecule has 0 aliphatic carbocycles. The molecule has 0 saturated heterocycles. The maximum absolute atomic E-state index is 5.54. The molecule has 0 unspecified atom stereocenters. The lowest BCUT2D eigenvalue weighted by Gasteiger charge is -2.04. The number of hydrogen-bond donors (Lipinski definition) is 1. The Morgan fingerprint density at radius 2 is 2.27 bits per heavy atom. The highest BCUT2D eigenvalue weighted by Gasteiger charge is 2.02. The molecule has 15 heavy (non-hydrogen) atoms. The summed E-state index contributed by atoms with van der Waals surface area (Å²) in [7, 11) is 1.96. The monoisotopic (exact) mass is 211 g/mol. The molecule has 0 saturated carbocycles. The fourth-order valence-corrected chi connectivity index (χ4v) is 1.38. The third-order valence-corrected chi connectivity index (χ3v) is 2.31. The molecule has 4 heteroatoms. The topological polar surface area (TPSA) is 39.1 Å². The van der Waals surface area contributed by atoms with Crippen molar-refractivity contribution in [2.75, 3.05) is 19.7 Å². The van der Waals surface area contributed by atoms with Crippen LogP contribution < -0.4 is 5.32 Å². The summed E-state index contributed by atoms with van der Waals surface area (Å²) in [5.74, 6) is 0. The number of hydrogen-bond acceptors (Lipinski definition) is 3. The van der Waals surface area contributed by atoms with Gasteiger partial charge in [-0.25, -0.2) is 0 Å². The molecule has 1 aromatic rings. The van der Waals surface area contributed by atoms with E-state index in [0.717, 1.165) is 37.5 Å². The third-order valence-electron chi connectivity index (χ3n) is 2.31. The van der Waals surface area contributed by atoms with Crippen LogP contribution in [0.5, 0.6) is 0 Å². The minimum absolute atomic E-state index is 0.648. The molecule has 0 radical (unpaired) electrons. The second kappa shape index (κ2) is 6.58. The van der Waals surface area contributed by atoms with E-state index in [1.807, 2.05) is 11.7 Å². The minimum Gasteiger partial charge on any atom is -0.374 e. The lowest BCUT2D eigenvalue weighted by Crippen LogP contribution is -2.19. The second-order valence-electron chi connectivity index (χ2n) is 3.51. The predicted octanol–water partition coefficient (Wildman–Crippen LogP) is 1.11. The largest absolute Gasteiger partial charge is 0.374 e. The lowest BCUT2D eigenvalue weighted by atomic mass is 10.3. The molecule has 1 rings (SSSR count). The molecule has 1 aromatic heterocycles. The Morgan fingerprint density at radius 3 is 2.87 bits per heavy atom. The Bertz CT molecular complexity index is 283. The highest BCUT2D eigenvalue weighted by Crippen LogP contribution is 2.04. The Kier molecular flexibility index (Phi) is 5.36. The van der Waals surface area contributed by atoms with Crippen LogP contribution in [0, 0.1) is 0 Å². The van der Waals surface area contributed by atoms with Crippen LogP contribution >= 0.6 is 0 Å². The number of aromatic nitrogens is 2. The van der Waals surface area contributed by atoms with Gasteiger partial charge < -0.3 is 10.1 Å². The number of rotatable bonds is 7. The van der Waals surface area contributed by atoms with Crippen molar-refractivity contribution in [3.8, 4) is 0 Å². The van der Waals surface area contributed by atoms with Gasteiger partial charge in [-0.3, -0.25) is 4.68 Å². The van der Waals surface area contributed by atoms with Crippen LogP contribution in [0.25, 0.3) is 0 Å². The fourth-order valence-electron chi connectivity index (χ4n) is 1.38. The van der Waals surface area contributed by atoms with Gasteiger partial charge in [-0.05, 0) is 19.0 Å². The van der Waals surface area contributed by atoms with E-state index >= 15 is 0 Å². The van der Waals surface area contributed by atoms with Crippen molar-refractivity contribution in [2.45, 2.75) is 26.9 Å². The van der Waals surface area contributed by atoms with E-state index in [1.54, 1.807) is 0 Å². The standard InChI is InChI=1S/C11H21N3O/c1-4-10-8-11(14(3)13-10)9-15-7-6-12-5-2/h8,12H,4-7,9H2,1-3H3. The average molecular weight is 211 g/mol. The van der Waals surface area contributed by atoms with Crippen LogP contribution in [0.4, 0.5) is 0 Å². The maximum atomic E-state index is 5.54. The van der Waals surface area contributed by atoms with Gasteiger partial charge in [0.2, 0.25) is 0 Å². The molecule has 1 heterocycles. The first-order valence-corrected chi connectivity index (χ1v) is 5.58. The van der Waals surface area contributed by atoms with Crippen molar-refractivity contribution in [3.05, 3.63) is 17.5 Å². The fraction of sp³-hybridized carbons (Fsp3) is 0.727. The van der Waals surface area contributed by atoms with Crippen molar-refractivity contribution in [2.24, 2.45) is 7.05 Å². The van der Waals surface area contributed by atoms with Crippen molar-refractivity contribution >= 4 is 0 Å². The normalized spacial score (nSPS) is 10.9. The molecule has 0 bridgehead atoms. The zero-order valence-corrected chi connectivity index (χ0v) is 9.92. The van der Waals surface area contributed by atoms with Crippen LogP contribution in [-0.2, 0) is 24.8 Å². The van der Waals surface area contributed by atoms with Crippen LogP contribution in [0.15, 0.2) is 6.07 Å². The molecule has 0 spiro atoms. The molecular weight excluding hydrogens is 190 g/mol. The van der Waals surface area contributed by atoms with Gasteiger partial charge in [0.1, 0.15) is 0 Å². The number of ether oxygens (including phenoxy) is 1. The molecule has 0 aliphatic rings. The molecule has 0 aliphatic heterocycles. The average Bonchev–Trinajstić information content (AvgIpc) is 2.59. The van der Waals surface area contributed by atoms with Crippen molar-refractivity contribution in [1.29, 1.82) is 0 Å². The first-order valence-electron chi connectivity index (χ1n) is 5.58. The summed E-state index contributed by atoms with van der Waals surface area (Å²) in [5, 5.41) is 7.58. The summed E-state index contributed by atoms with van der Waals surface area (Å²) in [4.78, 5) is 0. The predicted molar refractivity (Wildman–Crippen MR) is 60.8 cm³/mol. The van der Waals surface area contributed by atoms with Gasteiger partial charge in [0.15, 0.2) is 0 Å². The number of nitrogens with zero attached hydrogens (tertiary/aromatic N) is 2. The van der Waals surface area contributed by atoms with Gasteiger partial charge >= 0.3 is 0 Å². The highest BCUT2D eigenvalue weighted by atomic mass is 16.5. The van der Waals surface area contributed by atoms with Gasteiger partial charge in [-0.1, -0.05) is 13.8 Å². The van der Waals surface area contributed by atoms with E-state index in [-0.39, 0.29) is 0 Å². The quantitative estimate of drug-likeness (QED) is 0.687. The molecular formula is C11H21N3O. The van der Waals surface area contributed by atoms with Crippen LogP contribution in [0.1, 0.15) is 25.2 Å². The summed E-state index contributed by atoms with van der Waals surface area (Å²) in [6, 6.07) is 2.10. The number of nitrogens with one attached hydrogen (secondary N) is 1. The molecule has 86 valence electrons. The van der Waals surface area contributed by atoms with E-state index in [1.165, 1.54) is 0 Å². The molecule has 0 aromatic carbocycles. The lowest BCUT2D eigenvalue weighted by molar-refractivity contribution is 0.118. The zero-order valence-electron chi connectivity index (χ0n) is 9.92. The Balaban J connectivity index is 2.27. The zero-order chi connectivity index (χ0) is 11.1. The van der Waals surface area contributed by atoms with E-state index in [2.05, 4.69) is 30.3 Å². The first kappa shape index (κ1) is 12.2. The molecule has 0 amide bonds. The van der Waals surface area contributed by atoms with E-state index < -0.39 is 0 Å². The summed E-state index contributed by atoms with van der Waals surface area (Å²) in [5.41, 5.74) is 2.27. The molecule has 0 atom stereocenters. The van der Waals surface area contributed by atoms with Gasteiger partial charge in [0.05, 0.1) is 24.6 Å². The van der Waals surface area contributed by atoms with Gasteiger partial charge in [-0.15, -0.1) is 0 Å². The molecule has 0 fully saturated rings. The van der Waals surface area contributed by atoms with E-state index in [4.69, 9.17) is 4.74 Å². The first-order chi connectivity index (χ1) is 7.27. The Labute approximate surface area is 91.6 Å². The highest BCUT2D eigenvalue weighted by molar-refractivity contribution is 5.09. The van der Waals surface area contributed by atoms with Gasteiger partial charge in [0.25, 0.3) is 0 Å². The Morgan fingerprint density at radius 1 is 1.47 bits per heavy atom. The van der Waals surface area contributed by atoms with Crippen LogP contribution in [0.3, 0.4) is 0 Å². The van der Waals surface area contributed by atoms with Crippen molar-refractivity contribution in [1.82, 2.24) is 15.1 Å². The van der Waals surface area contributed by atoms with Crippen LogP contribution in [-0.4, -0.2) is 29.5 Å².